The fraction of sp³-hybridized carbons (Fsp3) is 0.143. The van der Waals surface area contributed by atoms with Crippen LogP contribution in [0.5, 0.6) is 5.75 Å². The number of nitrogens with one attached hydrogen (secondary N) is 1. The van der Waals surface area contributed by atoms with Gasteiger partial charge in [0, 0.05) is 5.56 Å². The molecule has 4 aromatic rings. The van der Waals surface area contributed by atoms with Gasteiger partial charge in [-0.05, 0) is 49.7 Å². The molecule has 1 saturated heterocycles. The summed E-state index contributed by atoms with van der Waals surface area (Å²) in [6.45, 7) is 4.14. The Morgan fingerprint density at radius 3 is 2.54 bits per heavy atom. The van der Waals surface area contributed by atoms with Gasteiger partial charge in [0.2, 0.25) is 5.95 Å². The number of rotatable bonds is 6. The number of carbonyl (C=O) groups is 3. The van der Waals surface area contributed by atoms with Crippen LogP contribution in [-0.2, 0) is 9.59 Å². The summed E-state index contributed by atoms with van der Waals surface area (Å²) in [5.41, 5.74) is 2.62. The van der Waals surface area contributed by atoms with Crippen molar-refractivity contribution in [2.75, 3.05) is 11.5 Å². The number of aliphatic hydroxyl groups is 1. The maximum absolute atomic E-state index is 13.4. The molecule has 0 bridgehead atoms. The molecule has 0 saturated carbocycles. The van der Waals surface area contributed by atoms with Crippen LogP contribution < -0.4 is 9.64 Å². The Bertz CT molecular complexity index is 1600. The Labute approximate surface area is 211 Å². The number of benzene rings is 3. The minimum absolute atomic E-state index is 0.0502. The molecular weight excluding hydrogens is 474 g/mol. The number of carboxylic acid groups (broad SMARTS) is 1. The van der Waals surface area contributed by atoms with Crippen molar-refractivity contribution in [3.8, 4) is 5.75 Å². The molecule has 3 aromatic carbocycles. The first-order valence-electron chi connectivity index (χ1n) is 11.6. The maximum Gasteiger partial charge on any atom is 0.335 e. The van der Waals surface area contributed by atoms with E-state index in [0.717, 1.165) is 5.56 Å². The van der Waals surface area contributed by atoms with Crippen LogP contribution in [0.25, 0.3) is 16.8 Å². The minimum Gasteiger partial charge on any atom is -0.507 e. The second-order valence-electron chi connectivity index (χ2n) is 8.64. The van der Waals surface area contributed by atoms with E-state index in [9.17, 15) is 24.6 Å². The molecule has 37 heavy (non-hydrogen) atoms. The predicted molar refractivity (Wildman–Crippen MR) is 137 cm³/mol. The number of H-pyrrole nitrogens is 1. The number of aliphatic hydroxyl groups excluding tert-OH is 1. The zero-order chi connectivity index (χ0) is 26.3. The van der Waals surface area contributed by atoms with Crippen molar-refractivity contribution < 1.29 is 29.3 Å². The van der Waals surface area contributed by atoms with Gasteiger partial charge in [0.15, 0.2) is 0 Å². The first-order valence-corrected chi connectivity index (χ1v) is 11.6. The van der Waals surface area contributed by atoms with Crippen molar-refractivity contribution >= 4 is 40.4 Å². The highest BCUT2D eigenvalue weighted by Gasteiger charge is 2.48. The quantitative estimate of drug-likeness (QED) is 0.202. The molecule has 0 aliphatic carbocycles. The third-order valence-electron chi connectivity index (χ3n) is 6.17. The van der Waals surface area contributed by atoms with E-state index in [-0.39, 0.29) is 22.8 Å². The highest BCUT2D eigenvalue weighted by molar-refractivity contribution is 6.51. The standard InChI is InChI=1S/C28H23N3O6/c1-3-37-19-9-5-8-17(13-19)24(32)22-23(16-7-4-6-15(2)12-16)31(26(34)25(22)33)28-29-20-11-10-18(27(35)36)14-21(20)30-28/h4-14,23,32H,3H2,1-2H3,(H,29,30)(H,35,36)/b24-22+. The van der Waals surface area contributed by atoms with Gasteiger partial charge in [-0.3, -0.25) is 14.5 Å². The van der Waals surface area contributed by atoms with Gasteiger partial charge >= 0.3 is 11.9 Å². The number of fused-ring (bicyclic) bond motifs is 1. The average Bonchev–Trinajstić information content (AvgIpc) is 3.41. The number of aromatic carboxylic acids is 1. The summed E-state index contributed by atoms with van der Waals surface area (Å²) in [7, 11) is 0. The molecule has 0 radical (unpaired) electrons. The second-order valence-corrected chi connectivity index (χ2v) is 8.64. The summed E-state index contributed by atoms with van der Waals surface area (Å²) in [5, 5.41) is 20.7. The smallest absolute Gasteiger partial charge is 0.335 e. The Balaban J connectivity index is 1.70. The number of nitrogens with zero attached hydrogens (tertiary/aromatic N) is 2. The number of carbonyl (C=O) groups excluding carboxylic acids is 2. The summed E-state index contributed by atoms with van der Waals surface area (Å²) in [5.74, 6) is -2.59. The number of aromatic nitrogens is 2. The molecule has 9 heteroatoms. The van der Waals surface area contributed by atoms with Crippen LogP contribution in [0.15, 0.2) is 72.3 Å². The van der Waals surface area contributed by atoms with Gasteiger partial charge in [-0.2, -0.15) is 0 Å². The number of hydrogen-bond donors (Lipinski definition) is 3. The van der Waals surface area contributed by atoms with Crippen LogP contribution in [0.1, 0.15) is 40.0 Å². The van der Waals surface area contributed by atoms with Crippen LogP contribution in [0.2, 0.25) is 0 Å². The van der Waals surface area contributed by atoms with E-state index >= 15 is 0 Å². The highest BCUT2D eigenvalue weighted by Crippen LogP contribution is 2.42. The second kappa shape index (κ2) is 9.27. The van der Waals surface area contributed by atoms with E-state index < -0.39 is 23.7 Å². The van der Waals surface area contributed by atoms with Crippen LogP contribution in [0.4, 0.5) is 5.95 Å². The average molecular weight is 498 g/mol. The Hall–Kier alpha value is -4.92. The van der Waals surface area contributed by atoms with E-state index in [1.807, 2.05) is 26.0 Å². The zero-order valence-electron chi connectivity index (χ0n) is 20.1. The molecule has 5 rings (SSSR count). The number of ether oxygens (including phenoxy) is 1. The summed E-state index contributed by atoms with van der Waals surface area (Å²) in [6.07, 6.45) is 0. The molecule has 1 aliphatic rings. The molecule has 1 amide bonds. The number of anilines is 1. The molecule has 1 fully saturated rings. The molecule has 3 N–H and O–H groups in total. The molecule has 186 valence electrons. The lowest BCUT2D eigenvalue weighted by Gasteiger charge is -2.23. The van der Waals surface area contributed by atoms with Crippen molar-refractivity contribution in [1.29, 1.82) is 0 Å². The number of ketones is 1. The molecule has 1 aliphatic heterocycles. The summed E-state index contributed by atoms with van der Waals surface area (Å²) in [4.78, 5) is 46.8. The fourth-order valence-electron chi connectivity index (χ4n) is 4.51. The van der Waals surface area contributed by atoms with Gasteiger partial charge in [-0.15, -0.1) is 0 Å². The largest absolute Gasteiger partial charge is 0.507 e. The predicted octanol–water partition coefficient (Wildman–Crippen LogP) is 4.59. The monoisotopic (exact) mass is 497 g/mol. The van der Waals surface area contributed by atoms with Gasteiger partial charge in [0.05, 0.1) is 34.8 Å². The Kier molecular flexibility index (Phi) is 5.96. The Morgan fingerprint density at radius 2 is 1.81 bits per heavy atom. The number of aromatic amines is 1. The number of aryl methyl sites for hydroxylation is 1. The first kappa shape index (κ1) is 23.8. The summed E-state index contributed by atoms with van der Waals surface area (Å²) < 4.78 is 5.53. The maximum atomic E-state index is 13.4. The van der Waals surface area contributed by atoms with Crippen molar-refractivity contribution in [3.05, 3.63) is 94.6 Å². The van der Waals surface area contributed by atoms with Gasteiger partial charge < -0.3 is 19.9 Å². The Morgan fingerprint density at radius 1 is 1.03 bits per heavy atom. The normalized spacial score (nSPS) is 16.9. The molecule has 1 aromatic heterocycles. The molecule has 1 unspecified atom stereocenters. The van der Waals surface area contributed by atoms with Crippen LogP contribution in [-0.4, -0.2) is 44.4 Å². The lowest BCUT2D eigenvalue weighted by Crippen LogP contribution is -2.30. The number of amides is 1. The summed E-state index contributed by atoms with van der Waals surface area (Å²) in [6, 6.07) is 17.3. The minimum atomic E-state index is -1.10. The van der Waals surface area contributed by atoms with Gasteiger partial charge in [-0.25, -0.2) is 9.78 Å². The highest BCUT2D eigenvalue weighted by atomic mass is 16.5. The van der Waals surface area contributed by atoms with Gasteiger partial charge in [0.1, 0.15) is 11.5 Å². The van der Waals surface area contributed by atoms with Gasteiger partial charge in [0.25, 0.3) is 5.78 Å². The van der Waals surface area contributed by atoms with Crippen LogP contribution in [0.3, 0.4) is 0 Å². The lowest BCUT2D eigenvalue weighted by atomic mass is 9.94. The number of imidazole rings is 1. The molecule has 1 atom stereocenters. The van der Waals surface area contributed by atoms with Crippen LogP contribution >= 0.6 is 0 Å². The van der Waals surface area contributed by atoms with E-state index in [4.69, 9.17) is 4.74 Å². The van der Waals surface area contributed by atoms with Gasteiger partial charge in [-0.1, -0.05) is 42.0 Å². The topological polar surface area (TPSA) is 133 Å². The third kappa shape index (κ3) is 4.20. The van der Waals surface area contributed by atoms with Crippen molar-refractivity contribution in [2.45, 2.75) is 19.9 Å². The molecule has 0 spiro atoms. The van der Waals surface area contributed by atoms with Crippen molar-refractivity contribution in [2.24, 2.45) is 0 Å². The van der Waals surface area contributed by atoms with E-state index in [1.165, 1.54) is 23.1 Å². The third-order valence-corrected chi connectivity index (χ3v) is 6.17. The number of hydrogen-bond acceptors (Lipinski definition) is 6. The van der Waals surface area contributed by atoms with Crippen LogP contribution in [0, 0.1) is 6.92 Å². The fourth-order valence-corrected chi connectivity index (χ4v) is 4.51. The molecule has 2 heterocycles. The summed E-state index contributed by atoms with van der Waals surface area (Å²) >= 11 is 0. The SMILES string of the molecule is CCOc1cccc(/C(O)=C2\C(=O)C(=O)N(c3nc4ccc(C(=O)O)cc4[nH]3)C2c2cccc(C)c2)c1. The van der Waals surface area contributed by atoms with E-state index in [1.54, 1.807) is 36.4 Å². The molecule has 9 nitrogen and oxygen atoms in total. The van der Waals surface area contributed by atoms with Crippen molar-refractivity contribution in [3.63, 3.8) is 0 Å². The number of carboxylic acids is 1. The van der Waals surface area contributed by atoms with E-state index in [2.05, 4.69) is 9.97 Å². The molecular formula is C28H23N3O6. The van der Waals surface area contributed by atoms with Crippen molar-refractivity contribution in [1.82, 2.24) is 9.97 Å². The number of Topliss-reactive ketones (excluding diaryl/α,β-unsaturated/α-hetero) is 1. The zero-order valence-corrected chi connectivity index (χ0v) is 20.1. The lowest BCUT2D eigenvalue weighted by molar-refractivity contribution is -0.132. The first-order chi connectivity index (χ1) is 17.8. The van der Waals surface area contributed by atoms with E-state index in [0.29, 0.717) is 34.5 Å².